The zero-order valence-corrected chi connectivity index (χ0v) is 8.97. The summed E-state index contributed by atoms with van der Waals surface area (Å²) in [6.07, 6.45) is 3.51. The number of nitrogens with zero attached hydrogens (tertiary/aromatic N) is 2. The van der Waals surface area contributed by atoms with Crippen LogP contribution in [0.15, 0.2) is 24.5 Å². The largest absolute Gasteiger partial charge is 0.480 e. The zero-order valence-electron chi connectivity index (χ0n) is 8.97. The Bertz CT molecular complexity index is 356. The lowest BCUT2D eigenvalue weighted by molar-refractivity contribution is -0.140. The summed E-state index contributed by atoms with van der Waals surface area (Å²) in [6, 6.07) is 3.46. The Hall–Kier alpha value is -1.46. The molecule has 0 aliphatic carbocycles. The Morgan fingerprint density at radius 1 is 1.56 bits per heavy atom. The van der Waals surface area contributed by atoms with Crippen LogP contribution in [-0.2, 0) is 11.3 Å². The number of piperazine rings is 1. The zero-order chi connectivity index (χ0) is 11.4. The Balaban J connectivity index is 1.93. The van der Waals surface area contributed by atoms with E-state index in [2.05, 4.69) is 15.2 Å². The van der Waals surface area contributed by atoms with Crippen molar-refractivity contribution in [1.29, 1.82) is 0 Å². The lowest BCUT2D eigenvalue weighted by atomic mass is 10.2. The van der Waals surface area contributed by atoms with E-state index >= 15 is 0 Å². The summed E-state index contributed by atoms with van der Waals surface area (Å²) in [6.45, 7) is 2.94. The summed E-state index contributed by atoms with van der Waals surface area (Å²) in [5, 5.41) is 11.9. The minimum Gasteiger partial charge on any atom is -0.480 e. The van der Waals surface area contributed by atoms with Crippen molar-refractivity contribution >= 4 is 5.97 Å². The van der Waals surface area contributed by atoms with Gasteiger partial charge in [0.2, 0.25) is 0 Å². The Morgan fingerprint density at radius 2 is 2.31 bits per heavy atom. The molecule has 2 N–H and O–H groups in total. The van der Waals surface area contributed by atoms with Gasteiger partial charge >= 0.3 is 5.97 Å². The average molecular weight is 221 g/mol. The summed E-state index contributed by atoms with van der Waals surface area (Å²) < 4.78 is 0. The quantitative estimate of drug-likeness (QED) is 0.748. The van der Waals surface area contributed by atoms with Crippen molar-refractivity contribution in [2.45, 2.75) is 12.6 Å². The molecule has 2 rings (SSSR count). The summed E-state index contributed by atoms with van der Waals surface area (Å²) in [5.74, 6) is -0.778. The van der Waals surface area contributed by atoms with Gasteiger partial charge in [-0.1, -0.05) is 0 Å². The minimum absolute atomic E-state index is 0.449. The van der Waals surface area contributed by atoms with Crippen molar-refractivity contribution < 1.29 is 9.90 Å². The van der Waals surface area contributed by atoms with Crippen molar-refractivity contribution in [2.75, 3.05) is 19.6 Å². The van der Waals surface area contributed by atoms with E-state index in [9.17, 15) is 4.79 Å². The van der Waals surface area contributed by atoms with Crippen LogP contribution in [0, 0.1) is 0 Å². The van der Waals surface area contributed by atoms with E-state index in [1.54, 1.807) is 12.4 Å². The number of nitrogens with one attached hydrogen (secondary N) is 1. The molecule has 0 bridgehead atoms. The molecular weight excluding hydrogens is 206 g/mol. The van der Waals surface area contributed by atoms with Crippen LogP contribution in [0.1, 0.15) is 5.56 Å². The molecule has 0 unspecified atom stereocenters. The fraction of sp³-hybridized carbons (Fsp3) is 0.455. The number of pyridine rings is 1. The van der Waals surface area contributed by atoms with Gasteiger partial charge in [-0.15, -0.1) is 0 Å². The monoisotopic (exact) mass is 221 g/mol. The molecular formula is C11H15N3O2. The first-order chi connectivity index (χ1) is 7.75. The van der Waals surface area contributed by atoms with Gasteiger partial charge in [-0.05, 0) is 17.7 Å². The number of rotatable bonds is 3. The lowest BCUT2D eigenvalue weighted by Crippen LogP contribution is -2.53. The molecule has 86 valence electrons. The highest BCUT2D eigenvalue weighted by atomic mass is 16.4. The van der Waals surface area contributed by atoms with Gasteiger partial charge in [-0.25, -0.2) is 0 Å². The molecule has 0 spiro atoms. The van der Waals surface area contributed by atoms with E-state index < -0.39 is 12.0 Å². The van der Waals surface area contributed by atoms with Gasteiger partial charge in [-0.2, -0.15) is 0 Å². The third-order valence-corrected chi connectivity index (χ3v) is 2.71. The van der Waals surface area contributed by atoms with Crippen molar-refractivity contribution in [3.05, 3.63) is 30.1 Å². The summed E-state index contributed by atoms with van der Waals surface area (Å²) in [5.41, 5.74) is 1.17. The number of hydrogen-bond donors (Lipinski definition) is 2. The maximum absolute atomic E-state index is 10.9. The SMILES string of the molecule is O=C(O)[C@@H]1CN(Cc2ccncc2)CCN1. The molecule has 0 amide bonds. The second-order valence-electron chi connectivity index (χ2n) is 3.94. The van der Waals surface area contributed by atoms with E-state index in [0.717, 1.165) is 19.6 Å². The van der Waals surface area contributed by atoms with Gasteiger partial charge in [0.1, 0.15) is 6.04 Å². The molecule has 5 heteroatoms. The molecule has 16 heavy (non-hydrogen) atoms. The predicted molar refractivity (Wildman–Crippen MR) is 58.9 cm³/mol. The summed E-state index contributed by atoms with van der Waals surface area (Å²) in [4.78, 5) is 17.0. The molecule has 1 atom stereocenters. The average Bonchev–Trinajstić information content (AvgIpc) is 2.30. The first-order valence-corrected chi connectivity index (χ1v) is 5.33. The fourth-order valence-electron chi connectivity index (χ4n) is 1.87. The maximum atomic E-state index is 10.9. The fourth-order valence-corrected chi connectivity index (χ4v) is 1.87. The second kappa shape index (κ2) is 5.05. The van der Waals surface area contributed by atoms with E-state index in [1.165, 1.54) is 5.56 Å². The van der Waals surface area contributed by atoms with Crippen LogP contribution >= 0.6 is 0 Å². The highest BCUT2D eigenvalue weighted by Gasteiger charge is 2.24. The molecule has 0 saturated carbocycles. The third kappa shape index (κ3) is 2.77. The number of carboxylic acids is 1. The van der Waals surface area contributed by atoms with E-state index in [0.29, 0.717) is 6.54 Å². The number of aliphatic carboxylic acids is 1. The van der Waals surface area contributed by atoms with Crippen LogP contribution < -0.4 is 5.32 Å². The van der Waals surface area contributed by atoms with Crippen molar-refractivity contribution in [3.8, 4) is 0 Å². The molecule has 1 aromatic heterocycles. The van der Waals surface area contributed by atoms with E-state index in [-0.39, 0.29) is 0 Å². The number of aromatic nitrogens is 1. The van der Waals surface area contributed by atoms with Gasteiger partial charge in [0, 0.05) is 38.6 Å². The van der Waals surface area contributed by atoms with Crippen molar-refractivity contribution in [1.82, 2.24) is 15.2 Å². The predicted octanol–water partition coefficient (Wildman–Crippen LogP) is -0.0600. The van der Waals surface area contributed by atoms with E-state index in [1.807, 2.05) is 12.1 Å². The van der Waals surface area contributed by atoms with Gasteiger partial charge in [0.05, 0.1) is 0 Å². The topological polar surface area (TPSA) is 65.5 Å². The smallest absolute Gasteiger partial charge is 0.322 e. The highest BCUT2D eigenvalue weighted by molar-refractivity contribution is 5.73. The lowest BCUT2D eigenvalue weighted by Gasteiger charge is -2.31. The minimum atomic E-state index is -0.778. The van der Waals surface area contributed by atoms with Crippen LogP contribution in [0.3, 0.4) is 0 Å². The molecule has 1 aromatic rings. The standard InChI is InChI=1S/C11H15N3O2/c15-11(16)10-8-14(6-5-13-10)7-9-1-3-12-4-2-9/h1-4,10,13H,5-8H2,(H,15,16)/t10-/m0/s1. The van der Waals surface area contributed by atoms with Crippen LogP contribution in [0.5, 0.6) is 0 Å². The number of carboxylic acid groups (broad SMARTS) is 1. The van der Waals surface area contributed by atoms with Gasteiger partial charge in [0.25, 0.3) is 0 Å². The van der Waals surface area contributed by atoms with Crippen LogP contribution in [0.4, 0.5) is 0 Å². The van der Waals surface area contributed by atoms with Crippen molar-refractivity contribution in [2.24, 2.45) is 0 Å². The first-order valence-electron chi connectivity index (χ1n) is 5.33. The molecule has 1 aliphatic rings. The van der Waals surface area contributed by atoms with Crippen molar-refractivity contribution in [3.63, 3.8) is 0 Å². The van der Waals surface area contributed by atoms with Gasteiger partial charge in [-0.3, -0.25) is 14.7 Å². The first kappa shape index (κ1) is 11.0. The van der Waals surface area contributed by atoms with Gasteiger partial charge in [0.15, 0.2) is 0 Å². The van der Waals surface area contributed by atoms with Crippen LogP contribution in [0.25, 0.3) is 0 Å². The number of hydrogen-bond acceptors (Lipinski definition) is 4. The molecule has 0 aromatic carbocycles. The highest BCUT2D eigenvalue weighted by Crippen LogP contribution is 2.06. The van der Waals surface area contributed by atoms with Gasteiger partial charge < -0.3 is 10.4 Å². The molecule has 2 heterocycles. The molecule has 1 saturated heterocycles. The van der Waals surface area contributed by atoms with Crippen LogP contribution in [0.2, 0.25) is 0 Å². The Kier molecular flexibility index (Phi) is 3.48. The maximum Gasteiger partial charge on any atom is 0.322 e. The molecule has 5 nitrogen and oxygen atoms in total. The molecule has 1 aliphatic heterocycles. The third-order valence-electron chi connectivity index (χ3n) is 2.71. The normalized spacial score (nSPS) is 21.9. The second-order valence-corrected chi connectivity index (χ2v) is 3.94. The number of carbonyl (C=O) groups is 1. The Morgan fingerprint density at radius 3 is 3.00 bits per heavy atom. The van der Waals surface area contributed by atoms with E-state index in [4.69, 9.17) is 5.11 Å². The Labute approximate surface area is 94.1 Å². The molecule has 0 radical (unpaired) electrons. The molecule has 1 fully saturated rings. The summed E-state index contributed by atoms with van der Waals surface area (Å²) >= 11 is 0. The summed E-state index contributed by atoms with van der Waals surface area (Å²) in [7, 11) is 0. The van der Waals surface area contributed by atoms with Crippen LogP contribution in [-0.4, -0.2) is 46.6 Å².